The molecule has 0 aliphatic carbocycles. The number of furan rings is 1. The summed E-state index contributed by atoms with van der Waals surface area (Å²) in [4.78, 5) is 2.28. The molecular formula is C16H26N2O. The Labute approximate surface area is 117 Å². The smallest absolute Gasteiger partial charge is 0.118 e. The van der Waals surface area contributed by atoms with E-state index in [0.717, 1.165) is 37.7 Å². The van der Waals surface area contributed by atoms with Crippen LogP contribution < -0.4 is 5.32 Å². The van der Waals surface area contributed by atoms with Crippen molar-refractivity contribution in [1.82, 2.24) is 10.2 Å². The summed E-state index contributed by atoms with van der Waals surface area (Å²) in [6, 6.07) is 2.61. The molecule has 0 unspecified atom stereocenters. The van der Waals surface area contributed by atoms with Gasteiger partial charge in [-0.1, -0.05) is 26.0 Å². The lowest BCUT2D eigenvalue weighted by atomic mass is 10.2. The van der Waals surface area contributed by atoms with Crippen molar-refractivity contribution in [3.63, 3.8) is 0 Å². The molecule has 1 rings (SSSR count). The van der Waals surface area contributed by atoms with Crippen molar-refractivity contribution in [3.05, 3.63) is 48.5 Å². The van der Waals surface area contributed by atoms with Gasteiger partial charge in [0.15, 0.2) is 0 Å². The summed E-state index contributed by atoms with van der Waals surface area (Å²) in [5.41, 5.74) is 1.24. The van der Waals surface area contributed by atoms with E-state index in [2.05, 4.69) is 43.3 Å². The van der Waals surface area contributed by atoms with Crippen LogP contribution in [0, 0.1) is 6.92 Å². The van der Waals surface area contributed by atoms with Crippen LogP contribution in [0.1, 0.15) is 30.9 Å². The summed E-state index contributed by atoms with van der Waals surface area (Å²) >= 11 is 0. The van der Waals surface area contributed by atoms with Gasteiger partial charge in [-0.15, -0.1) is 13.2 Å². The first kappa shape index (κ1) is 15.7. The second kappa shape index (κ2) is 7.97. The van der Waals surface area contributed by atoms with Crippen molar-refractivity contribution < 1.29 is 4.42 Å². The monoisotopic (exact) mass is 262 g/mol. The van der Waals surface area contributed by atoms with Gasteiger partial charge in [-0.05, 0) is 13.0 Å². The standard InChI is InChI=1S/C16H26N2O/c1-6-8-18(9-7-2)12-15-10-16(19-14(15)5)11-17-13(3)4/h6-7,10,13,17H,1-2,8-9,11-12H2,3-5H3. The Balaban J connectivity index is 2.66. The minimum Gasteiger partial charge on any atom is -0.465 e. The van der Waals surface area contributed by atoms with Gasteiger partial charge < -0.3 is 9.73 Å². The van der Waals surface area contributed by atoms with Gasteiger partial charge in [0.2, 0.25) is 0 Å². The third-order valence-corrected chi connectivity index (χ3v) is 2.92. The second-order valence-corrected chi connectivity index (χ2v) is 5.10. The third kappa shape index (κ3) is 5.45. The van der Waals surface area contributed by atoms with Crippen LogP contribution in [0.3, 0.4) is 0 Å². The van der Waals surface area contributed by atoms with E-state index >= 15 is 0 Å². The van der Waals surface area contributed by atoms with Crippen LogP contribution in [-0.4, -0.2) is 24.0 Å². The Morgan fingerprint density at radius 1 is 1.32 bits per heavy atom. The molecule has 106 valence electrons. The summed E-state index contributed by atoms with van der Waals surface area (Å²) in [7, 11) is 0. The molecule has 0 fully saturated rings. The summed E-state index contributed by atoms with van der Waals surface area (Å²) < 4.78 is 5.78. The molecule has 0 spiro atoms. The molecule has 0 atom stereocenters. The molecule has 0 saturated carbocycles. The van der Waals surface area contributed by atoms with Gasteiger partial charge in [0.1, 0.15) is 11.5 Å². The van der Waals surface area contributed by atoms with Crippen LogP contribution in [0.25, 0.3) is 0 Å². The molecule has 0 amide bonds. The number of nitrogens with one attached hydrogen (secondary N) is 1. The molecule has 1 aromatic rings. The van der Waals surface area contributed by atoms with Crippen molar-refractivity contribution in [2.45, 2.75) is 39.9 Å². The normalized spacial score (nSPS) is 11.2. The van der Waals surface area contributed by atoms with Gasteiger partial charge in [-0.3, -0.25) is 4.90 Å². The van der Waals surface area contributed by atoms with Crippen LogP contribution in [-0.2, 0) is 13.1 Å². The molecule has 0 radical (unpaired) electrons. The SMILES string of the molecule is C=CCN(CC=C)Cc1cc(CNC(C)C)oc1C. The maximum atomic E-state index is 5.78. The first-order chi connectivity index (χ1) is 9.06. The zero-order valence-corrected chi connectivity index (χ0v) is 12.4. The van der Waals surface area contributed by atoms with Crippen LogP contribution in [0.15, 0.2) is 35.8 Å². The fourth-order valence-electron chi connectivity index (χ4n) is 1.95. The zero-order valence-electron chi connectivity index (χ0n) is 12.4. The predicted molar refractivity (Wildman–Crippen MR) is 81.1 cm³/mol. The first-order valence-corrected chi connectivity index (χ1v) is 6.82. The van der Waals surface area contributed by atoms with E-state index in [0.29, 0.717) is 6.04 Å². The van der Waals surface area contributed by atoms with Crippen LogP contribution >= 0.6 is 0 Å². The van der Waals surface area contributed by atoms with Gasteiger partial charge in [0.25, 0.3) is 0 Å². The molecule has 0 saturated heterocycles. The number of aryl methyl sites for hydroxylation is 1. The van der Waals surface area contributed by atoms with Gasteiger partial charge in [0, 0.05) is 31.2 Å². The van der Waals surface area contributed by atoms with E-state index in [9.17, 15) is 0 Å². The highest BCUT2D eigenvalue weighted by molar-refractivity contribution is 5.21. The predicted octanol–water partition coefficient (Wildman–Crippen LogP) is 3.26. The quantitative estimate of drug-likeness (QED) is 0.692. The molecule has 3 heteroatoms. The number of nitrogens with zero attached hydrogens (tertiary/aromatic N) is 1. The number of rotatable bonds is 9. The lowest BCUT2D eigenvalue weighted by Crippen LogP contribution is -2.23. The van der Waals surface area contributed by atoms with Crippen molar-refractivity contribution in [3.8, 4) is 0 Å². The molecule has 1 N–H and O–H groups in total. The van der Waals surface area contributed by atoms with E-state index in [1.165, 1.54) is 5.56 Å². The minimum absolute atomic E-state index is 0.465. The first-order valence-electron chi connectivity index (χ1n) is 6.82. The molecule has 0 bridgehead atoms. The molecule has 1 aromatic heterocycles. The molecule has 19 heavy (non-hydrogen) atoms. The minimum atomic E-state index is 0.465. The Bertz CT molecular complexity index is 397. The highest BCUT2D eigenvalue weighted by Gasteiger charge is 2.11. The average molecular weight is 262 g/mol. The number of hydrogen-bond donors (Lipinski definition) is 1. The van der Waals surface area contributed by atoms with Crippen molar-refractivity contribution >= 4 is 0 Å². The summed E-state index contributed by atoms with van der Waals surface area (Å²) in [6.45, 7) is 17.2. The van der Waals surface area contributed by atoms with Gasteiger partial charge in [0.05, 0.1) is 6.54 Å². The summed E-state index contributed by atoms with van der Waals surface area (Å²) in [5, 5.41) is 3.37. The fraction of sp³-hybridized carbons (Fsp3) is 0.500. The van der Waals surface area contributed by atoms with E-state index in [1.807, 2.05) is 19.1 Å². The Morgan fingerprint density at radius 2 is 1.95 bits per heavy atom. The summed E-state index contributed by atoms with van der Waals surface area (Å²) in [6.07, 6.45) is 3.83. The molecule has 0 aromatic carbocycles. The zero-order chi connectivity index (χ0) is 14.3. The van der Waals surface area contributed by atoms with Crippen LogP contribution in [0.5, 0.6) is 0 Å². The lowest BCUT2D eigenvalue weighted by Gasteiger charge is -2.17. The molecule has 0 aliphatic heterocycles. The van der Waals surface area contributed by atoms with Crippen molar-refractivity contribution in [2.24, 2.45) is 0 Å². The van der Waals surface area contributed by atoms with Crippen molar-refractivity contribution in [2.75, 3.05) is 13.1 Å². The van der Waals surface area contributed by atoms with E-state index in [1.54, 1.807) is 0 Å². The fourth-order valence-corrected chi connectivity index (χ4v) is 1.95. The average Bonchev–Trinajstić information content (AvgIpc) is 2.68. The van der Waals surface area contributed by atoms with Crippen molar-refractivity contribution in [1.29, 1.82) is 0 Å². The molecular weight excluding hydrogens is 236 g/mol. The van der Waals surface area contributed by atoms with E-state index in [-0.39, 0.29) is 0 Å². The van der Waals surface area contributed by atoms with Gasteiger partial charge in [-0.25, -0.2) is 0 Å². The maximum Gasteiger partial charge on any atom is 0.118 e. The maximum absolute atomic E-state index is 5.78. The second-order valence-electron chi connectivity index (χ2n) is 5.10. The lowest BCUT2D eigenvalue weighted by molar-refractivity contribution is 0.324. The number of hydrogen-bond acceptors (Lipinski definition) is 3. The van der Waals surface area contributed by atoms with Crippen LogP contribution in [0.2, 0.25) is 0 Å². The van der Waals surface area contributed by atoms with Gasteiger partial charge >= 0.3 is 0 Å². The highest BCUT2D eigenvalue weighted by atomic mass is 16.3. The van der Waals surface area contributed by atoms with Crippen LogP contribution in [0.4, 0.5) is 0 Å². The molecule has 3 nitrogen and oxygen atoms in total. The van der Waals surface area contributed by atoms with Gasteiger partial charge in [-0.2, -0.15) is 0 Å². The highest BCUT2D eigenvalue weighted by Crippen LogP contribution is 2.17. The Kier molecular flexibility index (Phi) is 6.60. The molecule has 1 heterocycles. The topological polar surface area (TPSA) is 28.4 Å². The third-order valence-electron chi connectivity index (χ3n) is 2.92. The molecule has 0 aliphatic rings. The summed E-state index contributed by atoms with van der Waals surface area (Å²) in [5.74, 6) is 2.00. The van der Waals surface area contributed by atoms with E-state index < -0.39 is 0 Å². The largest absolute Gasteiger partial charge is 0.465 e. The van der Waals surface area contributed by atoms with E-state index in [4.69, 9.17) is 4.42 Å². The Morgan fingerprint density at radius 3 is 2.47 bits per heavy atom. The Hall–Kier alpha value is -1.32.